The van der Waals surface area contributed by atoms with Crippen molar-refractivity contribution in [2.24, 2.45) is 5.73 Å². The fourth-order valence-electron chi connectivity index (χ4n) is 3.09. The zero-order valence-corrected chi connectivity index (χ0v) is 14.2. The lowest BCUT2D eigenvalue weighted by molar-refractivity contribution is -0.135. The van der Waals surface area contributed by atoms with Gasteiger partial charge in [-0.25, -0.2) is 0 Å². The van der Waals surface area contributed by atoms with E-state index in [1.807, 2.05) is 32.0 Å². The monoisotopic (exact) mass is 328 g/mol. The zero-order valence-electron chi connectivity index (χ0n) is 14.2. The van der Waals surface area contributed by atoms with Crippen LogP contribution in [0.15, 0.2) is 36.4 Å². The summed E-state index contributed by atoms with van der Waals surface area (Å²) < 4.78 is 11.5. The number of nitrogens with zero attached hydrogens (tertiary/aromatic N) is 1. The van der Waals surface area contributed by atoms with Gasteiger partial charge in [-0.15, -0.1) is 0 Å². The van der Waals surface area contributed by atoms with Crippen molar-refractivity contribution < 1.29 is 14.3 Å². The Bertz CT molecular complexity index is 730. The first kappa shape index (κ1) is 16.7. The second-order valence-electron chi connectivity index (χ2n) is 6.43. The molecule has 0 spiro atoms. The number of carbonyl (C=O) groups excluding carboxylic acids is 1. The van der Waals surface area contributed by atoms with Crippen molar-refractivity contribution in [2.45, 2.75) is 32.6 Å². The van der Waals surface area contributed by atoms with Crippen LogP contribution in [0.1, 0.15) is 19.4 Å². The molecule has 5 heteroatoms. The maximum Gasteiger partial charge on any atom is 0.247 e. The predicted octanol–water partition coefficient (Wildman–Crippen LogP) is 2.31. The van der Waals surface area contributed by atoms with Gasteiger partial charge in [-0.05, 0) is 30.7 Å². The first-order valence-electron chi connectivity index (χ1n) is 8.35. The summed E-state index contributed by atoms with van der Waals surface area (Å²) in [6.45, 7) is 6.55. The molecule has 5 nitrogen and oxygen atoms in total. The van der Waals surface area contributed by atoms with E-state index in [0.29, 0.717) is 19.7 Å². The normalized spacial score (nSPS) is 18.9. The zero-order chi connectivity index (χ0) is 17.1. The molecule has 1 atom stereocenters. The van der Waals surface area contributed by atoms with Crippen LogP contribution in [-0.2, 0) is 16.1 Å². The summed E-state index contributed by atoms with van der Waals surface area (Å²) in [5.41, 5.74) is 6.54. The number of benzene rings is 2. The number of carbonyl (C=O) groups is 1. The largest absolute Gasteiger partial charge is 0.491 e. The lowest BCUT2D eigenvalue weighted by atomic mass is 10.0. The van der Waals surface area contributed by atoms with Gasteiger partial charge in [0.25, 0.3) is 0 Å². The molecule has 1 aliphatic rings. The molecule has 1 heterocycles. The minimum Gasteiger partial charge on any atom is -0.491 e. The highest BCUT2D eigenvalue weighted by Gasteiger charge is 2.26. The van der Waals surface area contributed by atoms with Gasteiger partial charge in [-0.1, -0.05) is 30.3 Å². The maximum atomic E-state index is 11.4. The molecule has 1 unspecified atom stereocenters. The summed E-state index contributed by atoms with van der Waals surface area (Å²) in [4.78, 5) is 13.6. The van der Waals surface area contributed by atoms with Crippen LogP contribution in [0.2, 0.25) is 0 Å². The van der Waals surface area contributed by atoms with Crippen molar-refractivity contribution in [1.29, 1.82) is 0 Å². The SMILES string of the molecule is CC(C)Oc1ccc2ccccc2c1CN1CCOC(C(N)=O)C1. The minimum atomic E-state index is -0.539. The van der Waals surface area contributed by atoms with Gasteiger partial charge in [0.1, 0.15) is 11.9 Å². The van der Waals surface area contributed by atoms with Gasteiger partial charge in [-0.2, -0.15) is 0 Å². The molecule has 2 N–H and O–H groups in total. The third-order valence-corrected chi connectivity index (χ3v) is 4.21. The average molecular weight is 328 g/mol. The highest BCUT2D eigenvalue weighted by atomic mass is 16.5. The Morgan fingerprint density at radius 2 is 2.12 bits per heavy atom. The summed E-state index contributed by atoms with van der Waals surface area (Å²) in [5, 5.41) is 2.36. The molecular weight excluding hydrogens is 304 g/mol. The third kappa shape index (κ3) is 3.68. The second-order valence-corrected chi connectivity index (χ2v) is 6.43. The molecular formula is C19H24N2O3. The molecule has 1 fully saturated rings. The molecule has 0 saturated carbocycles. The number of fused-ring (bicyclic) bond motifs is 1. The number of nitrogens with two attached hydrogens (primary N) is 1. The number of ether oxygens (including phenoxy) is 2. The summed E-state index contributed by atoms with van der Waals surface area (Å²) in [5.74, 6) is 0.488. The van der Waals surface area contributed by atoms with Gasteiger partial charge in [0.05, 0.1) is 12.7 Å². The van der Waals surface area contributed by atoms with E-state index in [4.69, 9.17) is 15.2 Å². The van der Waals surface area contributed by atoms with Gasteiger partial charge < -0.3 is 15.2 Å². The number of morpholine rings is 1. The van der Waals surface area contributed by atoms with Crippen LogP contribution in [0.3, 0.4) is 0 Å². The number of amides is 1. The van der Waals surface area contributed by atoms with Crippen molar-refractivity contribution in [3.8, 4) is 5.75 Å². The van der Waals surface area contributed by atoms with Crippen molar-refractivity contribution in [3.63, 3.8) is 0 Å². The molecule has 0 aromatic heterocycles. The number of hydrogen-bond donors (Lipinski definition) is 1. The molecule has 0 bridgehead atoms. The van der Waals surface area contributed by atoms with Crippen LogP contribution >= 0.6 is 0 Å². The van der Waals surface area contributed by atoms with Gasteiger partial charge >= 0.3 is 0 Å². The number of rotatable bonds is 5. The summed E-state index contributed by atoms with van der Waals surface area (Å²) in [7, 11) is 0. The quantitative estimate of drug-likeness (QED) is 0.915. The van der Waals surface area contributed by atoms with Gasteiger partial charge in [-0.3, -0.25) is 9.69 Å². The molecule has 3 rings (SSSR count). The van der Waals surface area contributed by atoms with Gasteiger partial charge in [0, 0.05) is 25.2 Å². The van der Waals surface area contributed by atoms with E-state index in [-0.39, 0.29) is 6.10 Å². The molecule has 24 heavy (non-hydrogen) atoms. The highest BCUT2D eigenvalue weighted by Crippen LogP contribution is 2.30. The first-order valence-corrected chi connectivity index (χ1v) is 8.35. The van der Waals surface area contributed by atoms with Crippen LogP contribution in [0.4, 0.5) is 0 Å². The first-order chi connectivity index (χ1) is 11.5. The van der Waals surface area contributed by atoms with E-state index >= 15 is 0 Å². The predicted molar refractivity (Wildman–Crippen MR) is 93.9 cm³/mol. The van der Waals surface area contributed by atoms with E-state index in [0.717, 1.165) is 17.9 Å². The lowest BCUT2D eigenvalue weighted by Gasteiger charge is -2.32. The Labute approximate surface area is 142 Å². The Morgan fingerprint density at radius 1 is 1.33 bits per heavy atom. The molecule has 128 valence electrons. The van der Waals surface area contributed by atoms with Crippen molar-refractivity contribution in [3.05, 3.63) is 42.0 Å². The molecule has 1 saturated heterocycles. The second kappa shape index (κ2) is 7.20. The van der Waals surface area contributed by atoms with Crippen LogP contribution < -0.4 is 10.5 Å². The lowest BCUT2D eigenvalue weighted by Crippen LogP contribution is -2.47. The molecule has 2 aromatic rings. The molecule has 1 amide bonds. The fraction of sp³-hybridized carbons (Fsp3) is 0.421. The van der Waals surface area contributed by atoms with Gasteiger partial charge in [0.2, 0.25) is 5.91 Å². The summed E-state index contributed by atoms with van der Waals surface area (Å²) in [6, 6.07) is 12.4. The minimum absolute atomic E-state index is 0.105. The highest BCUT2D eigenvalue weighted by molar-refractivity contribution is 5.87. The molecule has 0 aliphatic carbocycles. The Hall–Kier alpha value is -2.11. The van der Waals surface area contributed by atoms with E-state index in [1.165, 1.54) is 10.8 Å². The third-order valence-electron chi connectivity index (χ3n) is 4.21. The number of primary amides is 1. The van der Waals surface area contributed by atoms with E-state index in [9.17, 15) is 4.79 Å². The van der Waals surface area contributed by atoms with Crippen LogP contribution in [0, 0.1) is 0 Å². The standard InChI is InChI=1S/C19H24N2O3/c1-13(2)24-17-8-7-14-5-3-4-6-15(14)16(17)11-21-9-10-23-18(12-21)19(20)22/h3-8,13,18H,9-12H2,1-2H3,(H2,20,22). The fourth-order valence-corrected chi connectivity index (χ4v) is 3.09. The topological polar surface area (TPSA) is 64.8 Å². The molecule has 2 aromatic carbocycles. The summed E-state index contributed by atoms with van der Waals surface area (Å²) >= 11 is 0. The van der Waals surface area contributed by atoms with E-state index in [2.05, 4.69) is 23.1 Å². The van der Waals surface area contributed by atoms with E-state index < -0.39 is 12.0 Å². The van der Waals surface area contributed by atoms with Crippen LogP contribution in [0.25, 0.3) is 10.8 Å². The Kier molecular flexibility index (Phi) is 5.02. The Balaban J connectivity index is 1.92. The smallest absolute Gasteiger partial charge is 0.247 e. The molecule has 0 radical (unpaired) electrons. The van der Waals surface area contributed by atoms with E-state index in [1.54, 1.807) is 0 Å². The van der Waals surface area contributed by atoms with Gasteiger partial charge in [0.15, 0.2) is 0 Å². The van der Waals surface area contributed by atoms with Crippen LogP contribution in [-0.4, -0.2) is 42.7 Å². The number of hydrogen-bond acceptors (Lipinski definition) is 4. The van der Waals surface area contributed by atoms with Crippen LogP contribution in [0.5, 0.6) is 5.75 Å². The average Bonchev–Trinajstić information content (AvgIpc) is 2.57. The van der Waals surface area contributed by atoms with Crippen molar-refractivity contribution in [2.75, 3.05) is 19.7 Å². The van der Waals surface area contributed by atoms with Crippen molar-refractivity contribution in [1.82, 2.24) is 4.90 Å². The Morgan fingerprint density at radius 3 is 2.88 bits per heavy atom. The molecule has 1 aliphatic heterocycles. The summed E-state index contributed by atoms with van der Waals surface area (Å²) in [6.07, 6.45) is -0.434. The maximum absolute atomic E-state index is 11.4. The van der Waals surface area contributed by atoms with Crippen molar-refractivity contribution >= 4 is 16.7 Å².